The molecule has 1 fully saturated rings. The van der Waals surface area contributed by atoms with E-state index in [4.69, 9.17) is 0 Å². The zero-order valence-electron chi connectivity index (χ0n) is 15.5. The second-order valence-electron chi connectivity index (χ2n) is 7.09. The summed E-state index contributed by atoms with van der Waals surface area (Å²) in [7, 11) is -3.07. The number of benzene rings is 1. The molecule has 1 aliphatic rings. The average molecular weight is 368 g/mol. The molecule has 1 aromatic carbocycles. The van der Waals surface area contributed by atoms with Crippen LogP contribution in [0.4, 0.5) is 0 Å². The minimum absolute atomic E-state index is 0.146. The van der Waals surface area contributed by atoms with Crippen LogP contribution in [-0.4, -0.2) is 54.5 Å². The average Bonchev–Trinajstić information content (AvgIpc) is 2.54. The fourth-order valence-electron chi connectivity index (χ4n) is 2.82. The summed E-state index contributed by atoms with van der Waals surface area (Å²) in [5, 5.41) is 12.8. The fourth-order valence-corrected chi connectivity index (χ4v) is 4.18. The lowest BCUT2D eigenvalue weighted by atomic mass is 10.1. The van der Waals surface area contributed by atoms with Crippen LogP contribution in [0.2, 0.25) is 0 Å². The Morgan fingerprint density at radius 2 is 2.00 bits per heavy atom. The van der Waals surface area contributed by atoms with Crippen LogP contribution in [0, 0.1) is 0 Å². The molecule has 2 rings (SSSR count). The SMILES string of the molecule is CCNC(=NCc1ccc(C(C)O)cc1)N1CCS(=O)(=O)C(C)(C)C1. The zero-order valence-corrected chi connectivity index (χ0v) is 16.3. The highest BCUT2D eigenvalue weighted by Gasteiger charge is 2.40. The summed E-state index contributed by atoms with van der Waals surface area (Å²) >= 11 is 0. The van der Waals surface area contributed by atoms with Crippen LogP contribution < -0.4 is 5.32 Å². The number of hydrogen-bond donors (Lipinski definition) is 2. The maximum Gasteiger partial charge on any atom is 0.194 e. The van der Waals surface area contributed by atoms with Crippen molar-refractivity contribution in [2.24, 2.45) is 4.99 Å². The molecular formula is C18H29N3O3S. The number of guanidine groups is 1. The van der Waals surface area contributed by atoms with Gasteiger partial charge >= 0.3 is 0 Å². The van der Waals surface area contributed by atoms with Gasteiger partial charge in [0.25, 0.3) is 0 Å². The topological polar surface area (TPSA) is 82.0 Å². The first kappa shape index (κ1) is 19.7. The highest BCUT2D eigenvalue weighted by atomic mass is 32.2. The maximum atomic E-state index is 12.2. The summed E-state index contributed by atoms with van der Waals surface area (Å²) in [5.74, 6) is 0.887. The standard InChI is InChI=1S/C18H29N3O3S/c1-5-19-17(21-10-11-25(23,24)18(3,4)13-21)20-12-15-6-8-16(9-7-15)14(2)22/h6-9,14,22H,5,10-13H2,1-4H3,(H,19,20). The Balaban J connectivity index is 2.13. The summed E-state index contributed by atoms with van der Waals surface area (Å²) in [6, 6.07) is 7.72. The van der Waals surface area contributed by atoms with Gasteiger partial charge in [0, 0.05) is 19.6 Å². The summed E-state index contributed by atoms with van der Waals surface area (Å²) in [4.78, 5) is 6.69. The van der Waals surface area contributed by atoms with Gasteiger partial charge in [0.05, 0.1) is 23.1 Å². The number of aliphatic hydroxyl groups is 1. The van der Waals surface area contributed by atoms with Gasteiger partial charge in [0.1, 0.15) is 0 Å². The van der Waals surface area contributed by atoms with Crippen LogP contribution in [0.3, 0.4) is 0 Å². The highest BCUT2D eigenvalue weighted by Crippen LogP contribution is 2.24. The van der Waals surface area contributed by atoms with Crippen LogP contribution >= 0.6 is 0 Å². The van der Waals surface area contributed by atoms with Crippen LogP contribution in [0.25, 0.3) is 0 Å². The minimum atomic E-state index is -3.07. The van der Waals surface area contributed by atoms with E-state index in [1.54, 1.807) is 20.8 Å². The first-order valence-electron chi connectivity index (χ1n) is 8.69. The molecule has 0 aliphatic carbocycles. The molecule has 1 aliphatic heterocycles. The molecule has 7 heteroatoms. The summed E-state index contributed by atoms with van der Waals surface area (Å²) in [6.07, 6.45) is -0.479. The van der Waals surface area contributed by atoms with E-state index in [-0.39, 0.29) is 5.75 Å². The van der Waals surface area contributed by atoms with E-state index in [2.05, 4.69) is 10.3 Å². The van der Waals surface area contributed by atoms with Crippen molar-refractivity contribution in [3.05, 3.63) is 35.4 Å². The molecule has 0 radical (unpaired) electrons. The second-order valence-corrected chi connectivity index (χ2v) is 9.83. The third kappa shape index (κ3) is 4.73. The van der Waals surface area contributed by atoms with Gasteiger partial charge in [0.2, 0.25) is 0 Å². The lowest BCUT2D eigenvalue weighted by Crippen LogP contribution is -2.57. The number of aliphatic hydroxyl groups excluding tert-OH is 1. The number of sulfone groups is 1. The van der Waals surface area contributed by atoms with E-state index in [9.17, 15) is 13.5 Å². The minimum Gasteiger partial charge on any atom is -0.389 e. The number of hydrogen-bond acceptors (Lipinski definition) is 4. The van der Waals surface area contributed by atoms with Crippen molar-refractivity contribution in [2.75, 3.05) is 25.4 Å². The third-order valence-corrected chi connectivity index (χ3v) is 7.08. The first-order chi connectivity index (χ1) is 11.7. The number of nitrogens with zero attached hydrogens (tertiary/aromatic N) is 2. The number of aliphatic imine (C=N–C) groups is 1. The molecule has 140 valence electrons. The zero-order chi connectivity index (χ0) is 18.7. The molecule has 1 aromatic rings. The van der Waals surface area contributed by atoms with Gasteiger partial charge in [-0.2, -0.15) is 0 Å². The van der Waals surface area contributed by atoms with Crippen LogP contribution in [0.5, 0.6) is 0 Å². The molecule has 1 atom stereocenters. The van der Waals surface area contributed by atoms with Crippen LogP contribution in [0.15, 0.2) is 29.3 Å². The molecule has 0 spiro atoms. The Hall–Kier alpha value is -1.60. The molecule has 1 saturated heterocycles. The lowest BCUT2D eigenvalue weighted by molar-refractivity contribution is 0.199. The smallest absolute Gasteiger partial charge is 0.194 e. The van der Waals surface area contributed by atoms with Crippen molar-refractivity contribution in [1.29, 1.82) is 0 Å². The largest absolute Gasteiger partial charge is 0.389 e. The van der Waals surface area contributed by atoms with Gasteiger partial charge in [-0.3, -0.25) is 0 Å². The van der Waals surface area contributed by atoms with Crippen molar-refractivity contribution in [3.63, 3.8) is 0 Å². The maximum absolute atomic E-state index is 12.2. The lowest BCUT2D eigenvalue weighted by Gasteiger charge is -2.39. The van der Waals surface area contributed by atoms with Crippen molar-refractivity contribution < 1.29 is 13.5 Å². The van der Waals surface area contributed by atoms with E-state index >= 15 is 0 Å². The first-order valence-corrected chi connectivity index (χ1v) is 10.3. The van der Waals surface area contributed by atoms with Gasteiger partial charge in [-0.1, -0.05) is 24.3 Å². The van der Waals surface area contributed by atoms with Crippen molar-refractivity contribution >= 4 is 15.8 Å². The predicted octanol–water partition coefficient (Wildman–Crippen LogP) is 1.71. The monoisotopic (exact) mass is 367 g/mol. The van der Waals surface area contributed by atoms with E-state index < -0.39 is 20.7 Å². The quantitative estimate of drug-likeness (QED) is 0.625. The predicted molar refractivity (Wildman–Crippen MR) is 101 cm³/mol. The fraction of sp³-hybridized carbons (Fsp3) is 0.611. The summed E-state index contributed by atoms with van der Waals surface area (Å²) < 4.78 is 23.6. The Labute approximate surface area is 150 Å². The Morgan fingerprint density at radius 1 is 1.36 bits per heavy atom. The summed E-state index contributed by atoms with van der Waals surface area (Å²) in [5.41, 5.74) is 1.92. The highest BCUT2D eigenvalue weighted by molar-refractivity contribution is 7.92. The molecule has 25 heavy (non-hydrogen) atoms. The second kappa shape index (κ2) is 7.74. The number of nitrogens with one attached hydrogen (secondary N) is 1. The molecule has 1 heterocycles. The van der Waals surface area contributed by atoms with Crippen LogP contribution in [0.1, 0.15) is 44.9 Å². The van der Waals surface area contributed by atoms with E-state index in [0.717, 1.165) is 23.6 Å². The number of rotatable bonds is 4. The van der Waals surface area contributed by atoms with Crippen molar-refractivity contribution in [1.82, 2.24) is 10.2 Å². The van der Waals surface area contributed by atoms with Crippen molar-refractivity contribution in [2.45, 2.75) is 45.1 Å². The Kier molecular flexibility index (Phi) is 6.11. The van der Waals surface area contributed by atoms with Gasteiger partial charge in [-0.05, 0) is 38.8 Å². The Bertz CT molecular complexity index is 710. The molecule has 0 amide bonds. The molecule has 0 saturated carbocycles. The van der Waals surface area contributed by atoms with E-state index in [0.29, 0.717) is 19.6 Å². The third-order valence-electron chi connectivity index (χ3n) is 4.55. The van der Waals surface area contributed by atoms with Crippen molar-refractivity contribution in [3.8, 4) is 0 Å². The molecule has 0 aromatic heterocycles. The molecule has 2 N–H and O–H groups in total. The normalized spacial score (nSPS) is 21.0. The van der Waals surface area contributed by atoms with Gasteiger partial charge in [-0.15, -0.1) is 0 Å². The molecule has 1 unspecified atom stereocenters. The van der Waals surface area contributed by atoms with Gasteiger partial charge in [0.15, 0.2) is 15.8 Å². The van der Waals surface area contributed by atoms with Gasteiger partial charge < -0.3 is 15.3 Å². The van der Waals surface area contributed by atoms with Gasteiger partial charge in [-0.25, -0.2) is 13.4 Å². The molecular weight excluding hydrogens is 338 g/mol. The Morgan fingerprint density at radius 3 is 2.52 bits per heavy atom. The molecule has 6 nitrogen and oxygen atoms in total. The molecule has 0 bridgehead atoms. The summed E-state index contributed by atoms with van der Waals surface area (Å²) in [6.45, 7) is 9.40. The van der Waals surface area contributed by atoms with E-state index in [1.807, 2.05) is 36.1 Å². The van der Waals surface area contributed by atoms with Crippen LogP contribution in [-0.2, 0) is 16.4 Å². The van der Waals surface area contributed by atoms with E-state index in [1.165, 1.54) is 0 Å².